The molecule has 1 heterocycles. The molecule has 0 aliphatic carbocycles. The van der Waals surface area contributed by atoms with E-state index in [-0.39, 0.29) is 18.3 Å². The number of hydrazone groups is 1. The summed E-state index contributed by atoms with van der Waals surface area (Å²) in [5.74, 6) is 0.623. The second-order valence-corrected chi connectivity index (χ2v) is 10.8. The van der Waals surface area contributed by atoms with Crippen LogP contribution in [0.4, 0.5) is 0 Å². The third-order valence-electron chi connectivity index (χ3n) is 5.31. The molecule has 1 aromatic heterocycles. The number of para-hydroxylation sites is 1. The number of benzene rings is 4. The maximum atomic E-state index is 12.4. The number of hydrogen-bond acceptors (Lipinski definition) is 6. The van der Waals surface area contributed by atoms with Crippen molar-refractivity contribution in [2.75, 3.05) is 5.75 Å². The summed E-state index contributed by atoms with van der Waals surface area (Å²) in [7, 11) is 0. The molecular formula is C27H19Cl2N3O2S2. The summed E-state index contributed by atoms with van der Waals surface area (Å²) in [6.07, 6.45) is 1.61. The summed E-state index contributed by atoms with van der Waals surface area (Å²) in [5.41, 5.74) is 5.13. The fourth-order valence-corrected chi connectivity index (χ4v) is 5.89. The van der Waals surface area contributed by atoms with E-state index < -0.39 is 0 Å². The van der Waals surface area contributed by atoms with Gasteiger partial charge in [-0.25, -0.2) is 10.4 Å². The molecule has 5 nitrogen and oxygen atoms in total. The predicted octanol–water partition coefficient (Wildman–Crippen LogP) is 7.58. The van der Waals surface area contributed by atoms with E-state index in [1.54, 1.807) is 29.7 Å². The van der Waals surface area contributed by atoms with Gasteiger partial charge in [-0.2, -0.15) is 5.10 Å². The lowest BCUT2D eigenvalue weighted by molar-refractivity contribution is -0.118. The number of aromatic nitrogens is 1. The van der Waals surface area contributed by atoms with Crippen LogP contribution in [0.3, 0.4) is 0 Å². The maximum Gasteiger partial charge on any atom is 0.250 e. The van der Waals surface area contributed by atoms with E-state index in [0.717, 1.165) is 36.5 Å². The number of ether oxygens (including phenoxy) is 1. The van der Waals surface area contributed by atoms with Crippen LogP contribution in [0.5, 0.6) is 5.75 Å². The van der Waals surface area contributed by atoms with Gasteiger partial charge in [-0.05, 0) is 41.1 Å². The lowest BCUT2D eigenvalue weighted by Crippen LogP contribution is -2.19. The van der Waals surface area contributed by atoms with Gasteiger partial charge in [0.15, 0.2) is 4.34 Å². The number of fused-ring (bicyclic) bond motifs is 2. The van der Waals surface area contributed by atoms with Crippen molar-refractivity contribution in [3.63, 3.8) is 0 Å². The Morgan fingerprint density at radius 2 is 1.89 bits per heavy atom. The first-order chi connectivity index (χ1) is 17.6. The molecule has 1 amide bonds. The highest BCUT2D eigenvalue weighted by Gasteiger charge is 2.10. The van der Waals surface area contributed by atoms with Gasteiger partial charge in [-0.15, -0.1) is 11.3 Å². The van der Waals surface area contributed by atoms with Gasteiger partial charge in [-0.1, -0.05) is 83.5 Å². The van der Waals surface area contributed by atoms with E-state index in [9.17, 15) is 4.79 Å². The second kappa shape index (κ2) is 11.3. The molecule has 1 N–H and O–H groups in total. The van der Waals surface area contributed by atoms with Crippen molar-refractivity contribution in [2.45, 2.75) is 10.9 Å². The number of carbonyl (C=O) groups excluding carboxylic acids is 1. The Bertz CT molecular complexity index is 1550. The van der Waals surface area contributed by atoms with Gasteiger partial charge < -0.3 is 4.74 Å². The van der Waals surface area contributed by atoms with Crippen molar-refractivity contribution < 1.29 is 9.53 Å². The maximum absolute atomic E-state index is 12.4. The van der Waals surface area contributed by atoms with Crippen molar-refractivity contribution >= 4 is 79.4 Å². The van der Waals surface area contributed by atoms with Crippen LogP contribution < -0.4 is 10.2 Å². The fraction of sp³-hybridized carbons (Fsp3) is 0.0741. The zero-order valence-electron chi connectivity index (χ0n) is 18.8. The minimum absolute atomic E-state index is 0.213. The lowest BCUT2D eigenvalue weighted by Gasteiger charge is -2.13. The first-order valence-electron chi connectivity index (χ1n) is 11.0. The van der Waals surface area contributed by atoms with Gasteiger partial charge in [0.1, 0.15) is 12.4 Å². The molecule has 9 heteroatoms. The SMILES string of the molecule is O=C(CSc1nc2ccccc2s1)N/N=C/c1c(OCc2ccc(Cl)cc2Cl)ccc2ccccc12. The number of thioether (sulfide) groups is 1. The topological polar surface area (TPSA) is 63.6 Å². The van der Waals surface area contributed by atoms with Gasteiger partial charge in [0.05, 0.1) is 22.2 Å². The Kier molecular flexibility index (Phi) is 7.72. The molecule has 0 aliphatic rings. The van der Waals surface area contributed by atoms with E-state index in [2.05, 4.69) is 15.5 Å². The van der Waals surface area contributed by atoms with Crippen molar-refractivity contribution in [3.8, 4) is 5.75 Å². The third-order valence-corrected chi connectivity index (χ3v) is 8.08. The molecule has 0 unspecified atom stereocenters. The standard InChI is InChI=1S/C27H19Cl2N3O2S2/c28-19-11-9-18(22(29)13-19)15-34-24-12-10-17-5-1-2-6-20(17)21(24)14-30-32-26(33)16-35-27-31-23-7-3-4-8-25(23)36-27/h1-14H,15-16H2,(H,32,33)/b30-14+. The molecule has 5 rings (SSSR count). The number of thiazole rings is 1. The monoisotopic (exact) mass is 551 g/mol. The van der Waals surface area contributed by atoms with Gasteiger partial charge in [-0.3, -0.25) is 4.79 Å². The molecule has 0 aliphatic heterocycles. The number of carbonyl (C=O) groups is 1. The molecule has 0 bridgehead atoms. The minimum atomic E-state index is -0.217. The summed E-state index contributed by atoms with van der Waals surface area (Å²) in [4.78, 5) is 17.0. The highest BCUT2D eigenvalue weighted by molar-refractivity contribution is 8.01. The molecule has 180 valence electrons. The van der Waals surface area contributed by atoms with E-state index in [1.807, 2.05) is 66.7 Å². The molecule has 0 atom stereocenters. The van der Waals surface area contributed by atoms with E-state index in [1.165, 1.54) is 11.8 Å². The summed E-state index contributed by atoms with van der Waals surface area (Å²) >= 11 is 15.3. The van der Waals surface area contributed by atoms with Crippen molar-refractivity contribution in [1.29, 1.82) is 0 Å². The van der Waals surface area contributed by atoms with Crippen LogP contribution >= 0.6 is 46.3 Å². The molecule has 4 aromatic carbocycles. The molecular weight excluding hydrogens is 533 g/mol. The summed E-state index contributed by atoms with van der Waals surface area (Å²) in [6.45, 7) is 0.264. The number of amides is 1. The summed E-state index contributed by atoms with van der Waals surface area (Å²) in [6, 6.07) is 25.0. The van der Waals surface area contributed by atoms with Crippen LogP contribution in [0.2, 0.25) is 10.0 Å². The molecule has 0 saturated heterocycles. The first kappa shape index (κ1) is 24.6. The second-order valence-electron chi connectivity index (χ2n) is 7.75. The lowest BCUT2D eigenvalue weighted by atomic mass is 10.0. The van der Waals surface area contributed by atoms with Crippen molar-refractivity contribution in [1.82, 2.24) is 10.4 Å². The van der Waals surface area contributed by atoms with Gasteiger partial charge >= 0.3 is 0 Å². The minimum Gasteiger partial charge on any atom is -0.488 e. The zero-order valence-corrected chi connectivity index (χ0v) is 21.9. The molecule has 0 spiro atoms. The molecule has 5 aromatic rings. The number of halogens is 2. The van der Waals surface area contributed by atoms with Gasteiger partial charge in [0, 0.05) is 21.2 Å². The highest BCUT2D eigenvalue weighted by atomic mass is 35.5. The van der Waals surface area contributed by atoms with E-state index >= 15 is 0 Å². The fourth-order valence-electron chi connectivity index (χ4n) is 3.57. The Morgan fingerprint density at radius 3 is 2.75 bits per heavy atom. The van der Waals surface area contributed by atoms with E-state index in [0.29, 0.717) is 15.8 Å². The predicted molar refractivity (Wildman–Crippen MR) is 151 cm³/mol. The van der Waals surface area contributed by atoms with Crippen molar-refractivity contribution in [3.05, 3.63) is 100 Å². The summed E-state index contributed by atoms with van der Waals surface area (Å²) < 4.78 is 8.05. The normalized spacial score (nSPS) is 11.4. The third kappa shape index (κ3) is 5.82. The molecule has 36 heavy (non-hydrogen) atoms. The van der Waals surface area contributed by atoms with Crippen LogP contribution in [0.25, 0.3) is 21.0 Å². The zero-order chi connectivity index (χ0) is 24.9. The average molecular weight is 553 g/mol. The number of hydrogen-bond donors (Lipinski definition) is 1. The highest BCUT2D eigenvalue weighted by Crippen LogP contribution is 2.30. The average Bonchev–Trinajstić information content (AvgIpc) is 3.31. The van der Waals surface area contributed by atoms with Crippen LogP contribution in [-0.4, -0.2) is 22.9 Å². The largest absolute Gasteiger partial charge is 0.488 e. The number of nitrogens with one attached hydrogen (secondary N) is 1. The van der Waals surface area contributed by atoms with E-state index in [4.69, 9.17) is 27.9 Å². The molecule has 0 fully saturated rings. The number of nitrogens with zero attached hydrogens (tertiary/aromatic N) is 2. The Balaban J connectivity index is 1.28. The Labute approximate surface area is 226 Å². The molecule has 0 saturated carbocycles. The van der Waals surface area contributed by atoms with Gasteiger partial charge in [0.2, 0.25) is 0 Å². The molecule has 0 radical (unpaired) electrons. The van der Waals surface area contributed by atoms with Crippen LogP contribution in [-0.2, 0) is 11.4 Å². The Hall–Kier alpha value is -3.10. The number of rotatable bonds is 8. The van der Waals surface area contributed by atoms with Gasteiger partial charge in [0.25, 0.3) is 5.91 Å². The van der Waals surface area contributed by atoms with Crippen LogP contribution in [0.1, 0.15) is 11.1 Å². The van der Waals surface area contributed by atoms with Crippen LogP contribution in [0, 0.1) is 0 Å². The van der Waals surface area contributed by atoms with Crippen molar-refractivity contribution in [2.24, 2.45) is 5.10 Å². The Morgan fingerprint density at radius 1 is 1.06 bits per heavy atom. The first-order valence-corrected chi connectivity index (χ1v) is 13.5. The van der Waals surface area contributed by atoms with Crippen LogP contribution in [0.15, 0.2) is 88.3 Å². The quantitative estimate of drug-likeness (QED) is 0.123. The smallest absolute Gasteiger partial charge is 0.250 e. The summed E-state index contributed by atoms with van der Waals surface area (Å²) in [5, 5.41) is 7.31.